The Morgan fingerprint density at radius 3 is 2.85 bits per heavy atom. The lowest BCUT2D eigenvalue weighted by molar-refractivity contribution is 0.165. The first-order chi connectivity index (χ1) is 9.79. The van der Waals surface area contributed by atoms with Gasteiger partial charge in [0, 0.05) is 12.6 Å². The van der Waals surface area contributed by atoms with Crippen LogP contribution in [0.1, 0.15) is 18.5 Å². The van der Waals surface area contributed by atoms with E-state index >= 15 is 0 Å². The largest absolute Gasteiger partial charge is 0.393 e. The number of hydrogen-bond acceptors (Lipinski definition) is 2. The molecule has 1 aromatic carbocycles. The van der Waals surface area contributed by atoms with Crippen LogP contribution in [0.2, 0.25) is 0 Å². The Labute approximate surface area is 118 Å². The molecule has 3 rings (SSSR count). The molecule has 0 saturated heterocycles. The number of nitrogens with zero attached hydrogens (tertiary/aromatic N) is 2. The Balaban J connectivity index is 2.04. The summed E-state index contributed by atoms with van der Waals surface area (Å²) < 4.78 is 2.14. The lowest BCUT2D eigenvalue weighted by Gasteiger charge is -2.12. The predicted octanol–water partition coefficient (Wildman–Crippen LogP) is 3.36. The van der Waals surface area contributed by atoms with Crippen molar-refractivity contribution in [2.75, 3.05) is 0 Å². The maximum Gasteiger partial charge on any atom is 0.0874 e. The van der Waals surface area contributed by atoms with Gasteiger partial charge in [0.05, 0.1) is 28.3 Å². The van der Waals surface area contributed by atoms with Gasteiger partial charge in [0.15, 0.2) is 0 Å². The summed E-state index contributed by atoms with van der Waals surface area (Å²) in [5.74, 6) is 0. The Morgan fingerprint density at radius 2 is 2.00 bits per heavy atom. The van der Waals surface area contributed by atoms with E-state index in [0.29, 0.717) is 6.42 Å². The van der Waals surface area contributed by atoms with Crippen molar-refractivity contribution >= 4 is 16.6 Å². The molecule has 1 atom stereocenters. The third-order valence-electron chi connectivity index (χ3n) is 3.57. The molecule has 1 N–H and O–H groups in total. The average molecular weight is 266 g/mol. The molecule has 0 aliphatic heterocycles. The van der Waals surface area contributed by atoms with Crippen molar-refractivity contribution in [2.45, 2.75) is 25.4 Å². The Hall–Kier alpha value is -2.13. The highest BCUT2D eigenvalue weighted by Gasteiger charge is 2.11. The summed E-state index contributed by atoms with van der Waals surface area (Å²) in [6, 6.07) is 12.1. The normalized spacial score (nSPS) is 12.8. The Bertz CT molecular complexity index is 745. The zero-order chi connectivity index (χ0) is 13.9. The van der Waals surface area contributed by atoms with Crippen molar-refractivity contribution in [1.82, 2.24) is 9.38 Å². The molecule has 3 heteroatoms. The quantitative estimate of drug-likeness (QED) is 0.719. The predicted molar refractivity (Wildman–Crippen MR) is 81.8 cm³/mol. The minimum absolute atomic E-state index is 0.375. The highest BCUT2D eigenvalue weighted by atomic mass is 16.3. The molecule has 0 spiro atoms. The molecule has 102 valence electrons. The maximum absolute atomic E-state index is 10.1. The first kappa shape index (κ1) is 12.9. The van der Waals surface area contributed by atoms with Crippen LogP contribution in [0.25, 0.3) is 16.6 Å². The van der Waals surface area contributed by atoms with E-state index < -0.39 is 0 Å². The maximum atomic E-state index is 10.1. The molecule has 3 aromatic rings. The second kappa shape index (κ2) is 5.47. The molecule has 0 bridgehead atoms. The number of hydrogen-bond donors (Lipinski definition) is 1. The van der Waals surface area contributed by atoms with E-state index in [1.54, 1.807) is 0 Å². The van der Waals surface area contributed by atoms with Crippen LogP contribution in [-0.2, 0) is 6.42 Å². The number of aromatic nitrogens is 2. The summed E-state index contributed by atoms with van der Waals surface area (Å²) in [4.78, 5) is 4.72. The van der Waals surface area contributed by atoms with E-state index in [4.69, 9.17) is 4.98 Å². The van der Waals surface area contributed by atoms with Gasteiger partial charge in [0.1, 0.15) is 0 Å². The van der Waals surface area contributed by atoms with Crippen LogP contribution in [0, 0.1) is 0 Å². The molecule has 0 aliphatic rings. The fourth-order valence-corrected chi connectivity index (χ4v) is 2.58. The molecule has 2 heterocycles. The molecular weight excluding hydrogens is 248 g/mol. The van der Waals surface area contributed by atoms with Crippen LogP contribution in [0.5, 0.6) is 0 Å². The number of aliphatic hydroxyl groups excluding tert-OH is 1. The van der Waals surface area contributed by atoms with Gasteiger partial charge in [0.25, 0.3) is 0 Å². The van der Waals surface area contributed by atoms with Gasteiger partial charge in [-0.25, -0.2) is 4.98 Å². The van der Waals surface area contributed by atoms with Gasteiger partial charge >= 0.3 is 0 Å². The highest BCUT2D eigenvalue weighted by molar-refractivity contribution is 5.79. The van der Waals surface area contributed by atoms with Gasteiger partial charge in [-0.2, -0.15) is 0 Å². The summed E-state index contributed by atoms with van der Waals surface area (Å²) >= 11 is 0. The lowest BCUT2D eigenvalue weighted by Crippen LogP contribution is -2.12. The van der Waals surface area contributed by atoms with E-state index in [1.807, 2.05) is 36.5 Å². The second-order valence-electron chi connectivity index (χ2n) is 5.03. The third kappa shape index (κ3) is 2.32. The zero-order valence-corrected chi connectivity index (χ0v) is 11.4. The average Bonchev–Trinajstić information content (AvgIpc) is 2.95. The molecule has 2 aromatic heterocycles. The smallest absolute Gasteiger partial charge is 0.0874 e. The van der Waals surface area contributed by atoms with Crippen LogP contribution < -0.4 is 0 Å². The molecule has 0 unspecified atom stereocenters. The van der Waals surface area contributed by atoms with Gasteiger partial charge in [-0.3, -0.25) is 0 Å². The fourth-order valence-electron chi connectivity index (χ4n) is 2.58. The van der Waals surface area contributed by atoms with Crippen molar-refractivity contribution in [1.29, 1.82) is 0 Å². The summed E-state index contributed by atoms with van der Waals surface area (Å²) in [6.45, 7) is 3.69. The minimum atomic E-state index is -0.375. The van der Waals surface area contributed by atoms with E-state index in [9.17, 15) is 5.11 Å². The van der Waals surface area contributed by atoms with E-state index in [0.717, 1.165) is 35.1 Å². The Kier molecular flexibility index (Phi) is 3.52. The molecule has 20 heavy (non-hydrogen) atoms. The molecular formula is C17H18N2O. The molecule has 0 aliphatic carbocycles. The van der Waals surface area contributed by atoms with Crippen LogP contribution in [-0.4, -0.2) is 20.6 Å². The van der Waals surface area contributed by atoms with Gasteiger partial charge in [0.2, 0.25) is 0 Å². The van der Waals surface area contributed by atoms with Crippen molar-refractivity contribution in [3.63, 3.8) is 0 Å². The standard InChI is InChI=1S/C17H18N2O/c1-2-3-7-13(20)12-15-17-10-6-11-19(17)16-9-5-4-8-14(16)18-15/h2,4-6,8-11,13,20H,1,3,7,12H2/t13-/m0/s1. The molecule has 0 amide bonds. The van der Waals surface area contributed by atoms with Crippen LogP contribution in [0.4, 0.5) is 0 Å². The number of allylic oxidation sites excluding steroid dienone is 1. The van der Waals surface area contributed by atoms with Gasteiger partial charge < -0.3 is 9.51 Å². The number of rotatable bonds is 5. The van der Waals surface area contributed by atoms with Gasteiger partial charge in [-0.05, 0) is 37.1 Å². The lowest BCUT2D eigenvalue weighted by atomic mass is 10.1. The van der Waals surface area contributed by atoms with E-state index in [-0.39, 0.29) is 6.10 Å². The molecule has 0 fully saturated rings. The number of benzene rings is 1. The van der Waals surface area contributed by atoms with Crippen molar-refractivity contribution < 1.29 is 5.11 Å². The number of para-hydroxylation sites is 2. The van der Waals surface area contributed by atoms with Crippen LogP contribution in [0.3, 0.4) is 0 Å². The zero-order valence-electron chi connectivity index (χ0n) is 11.4. The van der Waals surface area contributed by atoms with Crippen LogP contribution >= 0.6 is 0 Å². The summed E-state index contributed by atoms with van der Waals surface area (Å²) in [6.07, 6.45) is 5.63. The van der Waals surface area contributed by atoms with Crippen molar-refractivity contribution in [2.24, 2.45) is 0 Å². The Morgan fingerprint density at radius 1 is 1.20 bits per heavy atom. The second-order valence-corrected chi connectivity index (χ2v) is 5.03. The molecule has 0 saturated carbocycles. The highest BCUT2D eigenvalue weighted by Crippen LogP contribution is 2.20. The SMILES string of the molecule is C=CCC[C@H](O)Cc1nc2ccccc2n2cccc12. The molecule has 0 radical (unpaired) electrons. The summed E-state index contributed by atoms with van der Waals surface area (Å²) in [5, 5.41) is 10.1. The van der Waals surface area contributed by atoms with E-state index in [1.165, 1.54) is 0 Å². The first-order valence-corrected chi connectivity index (χ1v) is 6.93. The number of aliphatic hydroxyl groups is 1. The topological polar surface area (TPSA) is 37.5 Å². The van der Waals surface area contributed by atoms with Crippen LogP contribution in [0.15, 0.2) is 55.3 Å². The van der Waals surface area contributed by atoms with Crippen molar-refractivity contribution in [3.05, 3.63) is 60.9 Å². The van der Waals surface area contributed by atoms with Gasteiger partial charge in [-0.15, -0.1) is 6.58 Å². The third-order valence-corrected chi connectivity index (χ3v) is 3.57. The minimum Gasteiger partial charge on any atom is -0.393 e. The monoisotopic (exact) mass is 266 g/mol. The first-order valence-electron chi connectivity index (χ1n) is 6.93. The summed E-state index contributed by atoms with van der Waals surface area (Å²) in [5.41, 5.74) is 4.07. The summed E-state index contributed by atoms with van der Waals surface area (Å²) in [7, 11) is 0. The fraction of sp³-hybridized carbons (Fsp3) is 0.235. The van der Waals surface area contributed by atoms with Crippen molar-refractivity contribution in [3.8, 4) is 0 Å². The van der Waals surface area contributed by atoms with Gasteiger partial charge in [-0.1, -0.05) is 18.2 Å². The molecule has 3 nitrogen and oxygen atoms in total. The van der Waals surface area contributed by atoms with E-state index in [2.05, 4.69) is 23.1 Å². The number of fused-ring (bicyclic) bond motifs is 3.